The van der Waals surface area contributed by atoms with Crippen LogP contribution < -0.4 is 5.32 Å². The summed E-state index contributed by atoms with van der Waals surface area (Å²) in [4.78, 5) is 18.5. The number of hydrogen-bond acceptors (Lipinski definition) is 5. The Hall–Kier alpha value is -2.54. The van der Waals surface area contributed by atoms with E-state index in [2.05, 4.69) is 15.5 Å². The predicted molar refractivity (Wildman–Crippen MR) is 92.9 cm³/mol. The number of amides is 1. The third kappa shape index (κ3) is 4.96. The van der Waals surface area contributed by atoms with Gasteiger partial charge in [-0.25, -0.2) is 4.39 Å². The third-order valence-electron chi connectivity index (χ3n) is 3.56. The van der Waals surface area contributed by atoms with E-state index in [-0.39, 0.29) is 11.7 Å². The van der Waals surface area contributed by atoms with Gasteiger partial charge >= 0.3 is 0 Å². The average Bonchev–Trinajstić information content (AvgIpc) is 2.95. The van der Waals surface area contributed by atoms with Gasteiger partial charge in [0.05, 0.1) is 12.1 Å². The lowest BCUT2D eigenvalue weighted by molar-refractivity contribution is -0.118. The van der Waals surface area contributed by atoms with Crippen molar-refractivity contribution in [3.05, 3.63) is 53.4 Å². The van der Waals surface area contributed by atoms with Crippen molar-refractivity contribution >= 4 is 11.5 Å². The van der Waals surface area contributed by atoms with Crippen LogP contribution in [0.3, 0.4) is 0 Å². The molecule has 0 bridgehead atoms. The van der Waals surface area contributed by atoms with Crippen molar-refractivity contribution in [2.75, 3.05) is 14.1 Å². The lowest BCUT2D eigenvalue weighted by atomic mass is 10.0. The van der Waals surface area contributed by atoms with Crippen LogP contribution in [0, 0.1) is 5.82 Å². The number of carbonyl (C=O) groups is 1. The zero-order valence-electron chi connectivity index (χ0n) is 15.1. The van der Waals surface area contributed by atoms with Crippen LogP contribution in [0.2, 0.25) is 0 Å². The third-order valence-corrected chi connectivity index (χ3v) is 3.56. The van der Waals surface area contributed by atoms with Crippen molar-refractivity contribution < 1.29 is 13.7 Å². The fourth-order valence-corrected chi connectivity index (χ4v) is 2.30. The van der Waals surface area contributed by atoms with Gasteiger partial charge in [0.1, 0.15) is 5.82 Å². The Morgan fingerprint density at radius 1 is 1.36 bits per heavy atom. The molecule has 0 aliphatic heterocycles. The SMILES string of the molecule is C/C(=C/C(=O)NC(C)(C)c1noc(CN(C)C)n1)c1ccccc1F. The second-order valence-corrected chi connectivity index (χ2v) is 6.67. The minimum atomic E-state index is -0.822. The number of nitrogens with zero attached hydrogens (tertiary/aromatic N) is 3. The van der Waals surface area contributed by atoms with Gasteiger partial charge < -0.3 is 14.7 Å². The maximum absolute atomic E-state index is 13.8. The number of hydrogen-bond donors (Lipinski definition) is 1. The van der Waals surface area contributed by atoms with E-state index in [9.17, 15) is 9.18 Å². The molecule has 1 aromatic heterocycles. The molecule has 0 atom stereocenters. The van der Waals surface area contributed by atoms with Gasteiger partial charge in [0.25, 0.3) is 0 Å². The van der Waals surface area contributed by atoms with E-state index >= 15 is 0 Å². The monoisotopic (exact) mass is 346 g/mol. The summed E-state index contributed by atoms with van der Waals surface area (Å²) in [6, 6.07) is 6.33. The molecule has 7 heteroatoms. The van der Waals surface area contributed by atoms with Gasteiger partial charge in [0.2, 0.25) is 11.8 Å². The summed E-state index contributed by atoms with van der Waals surface area (Å²) in [5.74, 6) is 0.134. The first-order chi connectivity index (χ1) is 11.7. The van der Waals surface area contributed by atoms with Crippen LogP contribution in [0.25, 0.3) is 5.57 Å². The van der Waals surface area contributed by atoms with E-state index in [1.165, 1.54) is 12.1 Å². The van der Waals surface area contributed by atoms with Gasteiger partial charge in [-0.3, -0.25) is 4.79 Å². The van der Waals surface area contributed by atoms with Gasteiger partial charge in [-0.2, -0.15) is 4.98 Å². The summed E-state index contributed by atoms with van der Waals surface area (Å²) in [6.45, 7) is 5.76. The molecule has 25 heavy (non-hydrogen) atoms. The zero-order valence-corrected chi connectivity index (χ0v) is 15.1. The molecule has 0 saturated heterocycles. The highest BCUT2D eigenvalue weighted by Gasteiger charge is 2.28. The molecular formula is C18H23FN4O2. The predicted octanol–water partition coefficient (Wildman–Crippen LogP) is 2.73. The highest BCUT2D eigenvalue weighted by atomic mass is 19.1. The summed E-state index contributed by atoms with van der Waals surface area (Å²) in [5, 5.41) is 6.76. The van der Waals surface area contributed by atoms with Gasteiger partial charge in [-0.15, -0.1) is 0 Å². The highest BCUT2D eigenvalue weighted by Crippen LogP contribution is 2.19. The van der Waals surface area contributed by atoms with Crippen molar-refractivity contribution in [2.45, 2.75) is 32.9 Å². The molecule has 0 fully saturated rings. The standard InChI is InChI=1S/C18H23FN4O2/c1-12(13-8-6-7-9-14(13)19)10-15(24)21-18(2,3)17-20-16(25-22-17)11-23(4)5/h6-10H,11H2,1-5H3,(H,21,24)/b12-10-. The lowest BCUT2D eigenvalue weighted by Gasteiger charge is -2.21. The van der Waals surface area contributed by atoms with Crippen LogP contribution in [0.15, 0.2) is 34.9 Å². The van der Waals surface area contributed by atoms with Crippen LogP contribution in [0.1, 0.15) is 38.0 Å². The molecule has 2 aromatic rings. The average molecular weight is 346 g/mol. The van der Waals surface area contributed by atoms with Crippen LogP contribution in [-0.2, 0) is 16.9 Å². The molecule has 0 radical (unpaired) electrons. The van der Waals surface area contributed by atoms with Crippen LogP contribution in [-0.4, -0.2) is 35.0 Å². The topological polar surface area (TPSA) is 71.3 Å². The molecule has 0 spiro atoms. The van der Waals surface area contributed by atoms with Gasteiger partial charge in [0.15, 0.2) is 5.82 Å². The number of benzene rings is 1. The van der Waals surface area contributed by atoms with Crippen molar-refractivity contribution in [2.24, 2.45) is 0 Å². The Bertz CT molecular complexity index is 781. The summed E-state index contributed by atoms with van der Waals surface area (Å²) < 4.78 is 19.0. The van der Waals surface area contributed by atoms with Crippen molar-refractivity contribution in [1.82, 2.24) is 20.4 Å². The molecule has 1 heterocycles. The molecule has 0 saturated carbocycles. The highest BCUT2D eigenvalue weighted by molar-refractivity contribution is 5.95. The first-order valence-electron chi connectivity index (χ1n) is 7.92. The van der Waals surface area contributed by atoms with E-state index in [1.807, 2.05) is 19.0 Å². The molecule has 2 rings (SSSR count). The van der Waals surface area contributed by atoms with Crippen LogP contribution in [0.5, 0.6) is 0 Å². The summed E-state index contributed by atoms with van der Waals surface area (Å²) in [6.07, 6.45) is 1.36. The number of aromatic nitrogens is 2. The molecule has 0 aliphatic rings. The van der Waals surface area contributed by atoms with Crippen LogP contribution in [0.4, 0.5) is 4.39 Å². The van der Waals surface area contributed by atoms with Gasteiger partial charge in [-0.05, 0) is 46.5 Å². The second kappa shape index (κ2) is 7.57. The van der Waals surface area contributed by atoms with Gasteiger partial charge in [-0.1, -0.05) is 23.4 Å². The minimum Gasteiger partial charge on any atom is -0.340 e. The smallest absolute Gasteiger partial charge is 0.245 e. The van der Waals surface area contributed by atoms with E-state index in [0.29, 0.717) is 29.4 Å². The first kappa shape index (κ1) is 18.8. The number of nitrogens with one attached hydrogen (secondary N) is 1. The summed E-state index contributed by atoms with van der Waals surface area (Å²) >= 11 is 0. The van der Waals surface area contributed by atoms with Gasteiger partial charge in [0, 0.05) is 11.6 Å². The van der Waals surface area contributed by atoms with Crippen molar-refractivity contribution in [3.8, 4) is 0 Å². The van der Waals surface area contributed by atoms with Crippen molar-refractivity contribution in [1.29, 1.82) is 0 Å². The Morgan fingerprint density at radius 3 is 2.68 bits per heavy atom. The summed E-state index contributed by atoms with van der Waals surface area (Å²) in [7, 11) is 3.79. The lowest BCUT2D eigenvalue weighted by Crippen LogP contribution is -2.41. The Morgan fingerprint density at radius 2 is 2.04 bits per heavy atom. The molecule has 1 amide bonds. The number of allylic oxidation sites excluding steroid dienone is 1. The number of carbonyl (C=O) groups excluding carboxylic acids is 1. The van der Waals surface area contributed by atoms with E-state index < -0.39 is 5.54 Å². The molecule has 1 N–H and O–H groups in total. The molecule has 6 nitrogen and oxygen atoms in total. The molecule has 134 valence electrons. The number of rotatable bonds is 6. The van der Waals surface area contributed by atoms with E-state index in [1.54, 1.807) is 39.0 Å². The van der Waals surface area contributed by atoms with E-state index in [4.69, 9.17) is 4.52 Å². The largest absolute Gasteiger partial charge is 0.340 e. The fourth-order valence-electron chi connectivity index (χ4n) is 2.30. The molecule has 0 aliphatic carbocycles. The fraction of sp³-hybridized carbons (Fsp3) is 0.389. The van der Waals surface area contributed by atoms with Crippen LogP contribution >= 0.6 is 0 Å². The zero-order chi connectivity index (χ0) is 18.6. The van der Waals surface area contributed by atoms with Crippen molar-refractivity contribution in [3.63, 3.8) is 0 Å². The number of halogens is 1. The minimum absolute atomic E-state index is 0.357. The first-order valence-corrected chi connectivity index (χ1v) is 7.92. The molecular weight excluding hydrogens is 323 g/mol. The summed E-state index contributed by atoms with van der Waals surface area (Å²) in [5.41, 5.74) is 0.105. The van der Waals surface area contributed by atoms with E-state index in [0.717, 1.165) is 0 Å². The maximum Gasteiger partial charge on any atom is 0.245 e. The Kier molecular flexibility index (Phi) is 5.69. The second-order valence-electron chi connectivity index (χ2n) is 6.67. The Labute approximate surface area is 146 Å². The molecule has 1 aromatic carbocycles. The Balaban J connectivity index is 2.11. The molecule has 0 unspecified atom stereocenters. The quantitative estimate of drug-likeness (QED) is 0.815. The normalized spacial score (nSPS) is 12.5. The maximum atomic E-state index is 13.8.